The first kappa shape index (κ1) is 14.8. The van der Waals surface area contributed by atoms with Crippen LogP contribution in [0, 0.1) is 0 Å². The molecule has 9 heteroatoms. The molecule has 0 saturated carbocycles. The van der Waals surface area contributed by atoms with Gasteiger partial charge in [-0.15, -0.1) is 0 Å². The first-order chi connectivity index (χ1) is 8.60. The van der Waals surface area contributed by atoms with Crippen molar-refractivity contribution in [3.05, 3.63) is 12.4 Å². The van der Waals surface area contributed by atoms with Crippen LogP contribution >= 0.6 is 0 Å². The zero-order valence-electron chi connectivity index (χ0n) is 10.1. The predicted octanol–water partition coefficient (Wildman–Crippen LogP) is -0.533. The first-order valence-corrected chi connectivity index (χ1v) is 6.94. The average molecular weight is 275 g/mol. The van der Waals surface area contributed by atoms with Crippen LogP contribution in [0.15, 0.2) is 17.3 Å². The van der Waals surface area contributed by atoms with E-state index in [-0.39, 0.29) is 10.8 Å². The lowest BCUT2D eigenvalue weighted by Gasteiger charge is -2.06. The van der Waals surface area contributed by atoms with Gasteiger partial charge >= 0.3 is 0 Å². The fourth-order valence-corrected chi connectivity index (χ4v) is 2.10. The van der Waals surface area contributed by atoms with Crippen LogP contribution in [0.1, 0.15) is 13.3 Å². The van der Waals surface area contributed by atoms with Gasteiger partial charge in [-0.1, -0.05) is 0 Å². The lowest BCUT2D eigenvalue weighted by molar-refractivity contribution is 0.146. The SMILES string of the molecule is CCOCCCNS(=O)(=O)c1cnc(NN)nc1. The van der Waals surface area contributed by atoms with Crippen molar-refractivity contribution in [1.29, 1.82) is 0 Å². The van der Waals surface area contributed by atoms with E-state index in [2.05, 4.69) is 20.1 Å². The number of rotatable bonds is 8. The summed E-state index contributed by atoms with van der Waals surface area (Å²) in [7, 11) is -3.57. The van der Waals surface area contributed by atoms with Crippen LogP contribution in [0.3, 0.4) is 0 Å². The molecule has 0 aliphatic rings. The molecule has 0 atom stereocenters. The van der Waals surface area contributed by atoms with E-state index in [1.54, 1.807) is 0 Å². The highest BCUT2D eigenvalue weighted by Crippen LogP contribution is 2.06. The van der Waals surface area contributed by atoms with Gasteiger partial charge in [-0.05, 0) is 13.3 Å². The van der Waals surface area contributed by atoms with Gasteiger partial charge in [-0.25, -0.2) is 29.0 Å². The Morgan fingerprint density at radius 2 is 2.06 bits per heavy atom. The van der Waals surface area contributed by atoms with Crippen molar-refractivity contribution >= 4 is 16.0 Å². The van der Waals surface area contributed by atoms with Crippen molar-refractivity contribution < 1.29 is 13.2 Å². The maximum atomic E-state index is 11.8. The largest absolute Gasteiger partial charge is 0.382 e. The highest BCUT2D eigenvalue weighted by atomic mass is 32.2. The highest BCUT2D eigenvalue weighted by Gasteiger charge is 2.14. The third kappa shape index (κ3) is 4.53. The number of hydrogen-bond acceptors (Lipinski definition) is 7. The molecule has 0 aromatic carbocycles. The molecular formula is C9H17N5O3S. The monoisotopic (exact) mass is 275 g/mol. The van der Waals surface area contributed by atoms with Crippen LogP contribution in [0.25, 0.3) is 0 Å². The Balaban J connectivity index is 2.51. The average Bonchev–Trinajstić information content (AvgIpc) is 2.38. The van der Waals surface area contributed by atoms with Gasteiger partial charge in [0.2, 0.25) is 16.0 Å². The molecule has 1 heterocycles. The summed E-state index contributed by atoms with van der Waals surface area (Å²) in [6, 6.07) is 0. The summed E-state index contributed by atoms with van der Waals surface area (Å²) in [5.74, 6) is 5.24. The Morgan fingerprint density at radius 1 is 1.39 bits per heavy atom. The minimum absolute atomic E-state index is 0.00194. The molecule has 0 radical (unpaired) electrons. The van der Waals surface area contributed by atoms with E-state index in [1.165, 1.54) is 12.4 Å². The molecule has 8 nitrogen and oxygen atoms in total. The van der Waals surface area contributed by atoms with Crippen LogP contribution in [-0.4, -0.2) is 38.1 Å². The molecule has 102 valence electrons. The van der Waals surface area contributed by atoms with Crippen molar-refractivity contribution in [2.24, 2.45) is 5.84 Å². The molecule has 0 amide bonds. The zero-order chi connectivity index (χ0) is 13.4. The zero-order valence-corrected chi connectivity index (χ0v) is 10.9. The van der Waals surface area contributed by atoms with Crippen LogP contribution in [0.2, 0.25) is 0 Å². The smallest absolute Gasteiger partial charge is 0.243 e. The Morgan fingerprint density at radius 3 is 2.61 bits per heavy atom. The Labute approximate surface area is 106 Å². The maximum Gasteiger partial charge on any atom is 0.243 e. The Hall–Kier alpha value is -1.29. The number of nitrogens with two attached hydrogens (primary N) is 1. The summed E-state index contributed by atoms with van der Waals surface area (Å²) < 4.78 is 31.1. The minimum atomic E-state index is -3.57. The lowest BCUT2D eigenvalue weighted by Crippen LogP contribution is -2.26. The Bertz CT molecular complexity index is 448. The number of hydrazine groups is 1. The molecule has 0 bridgehead atoms. The first-order valence-electron chi connectivity index (χ1n) is 5.46. The molecule has 1 rings (SSSR count). The molecule has 0 spiro atoms. The number of nitrogens with one attached hydrogen (secondary N) is 2. The second kappa shape index (κ2) is 7.21. The topological polar surface area (TPSA) is 119 Å². The van der Waals surface area contributed by atoms with Crippen molar-refractivity contribution in [3.8, 4) is 0 Å². The van der Waals surface area contributed by atoms with E-state index in [0.717, 1.165) is 0 Å². The minimum Gasteiger partial charge on any atom is -0.382 e. The molecular weight excluding hydrogens is 258 g/mol. The van der Waals surface area contributed by atoms with E-state index in [9.17, 15) is 8.42 Å². The number of nitrogens with zero attached hydrogens (tertiary/aromatic N) is 2. The van der Waals surface area contributed by atoms with E-state index in [1.807, 2.05) is 6.92 Å². The number of anilines is 1. The van der Waals surface area contributed by atoms with Gasteiger partial charge in [0.15, 0.2) is 0 Å². The Kier molecular flexibility index (Phi) is 5.92. The number of ether oxygens (including phenoxy) is 1. The van der Waals surface area contributed by atoms with E-state index in [0.29, 0.717) is 26.2 Å². The second-order valence-electron chi connectivity index (χ2n) is 3.33. The number of nitrogen functional groups attached to an aromatic ring is 1. The van der Waals surface area contributed by atoms with Crippen molar-refractivity contribution in [3.63, 3.8) is 0 Å². The van der Waals surface area contributed by atoms with Gasteiger partial charge in [0.25, 0.3) is 0 Å². The molecule has 18 heavy (non-hydrogen) atoms. The van der Waals surface area contributed by atoms with Gasteiger partial charge in [0, 0.05) is 19.8 Å². The number of hydrogen-bond donors (Lipinski definition) is 3. The van der Waals surface area contributed by atoms with Gasteiger partial charge < -0.3 is 4.74 Å². The summed E-state index contributed by atoms with van der Waals surface area (Å²) in [6.07, 6.45) is 2.98. The van der Waals surface area contributed by atoms with Crippen LogP contribution < -0.4 is 16.0 Å². The van der Waals surface area contributed by atoms with Crippen molar-refractivity contribution in [2.45, 2.75) is 18.2 Å². The third-order valence-electron chi connectivity index (χ3n) is 2.03. The standard InChI is InChI=1S/C9H17N5O3S/c1-2-17-5-3-4-13-18(15,16)8-6-11-9(14-10)12-7-8/h6-7,13H,2-5,10H2,1H3,(H,11,12,14). The maximum absolute atomic E-state index is 11.8. The van der Waals surface area contributed by atoms with Crippen LogP contribution in [-0.2, 0) is 14.8 Å². The van der Waals surface area contributed by atoms with Gasteiger partial charge in [-0.3, -0.25) is 5.43 Å². The predicted molar refractivity (Wildman–Crippen MR) is 66.1 cm³/mol. The third-order valence-corrected chi connectivity index (χ3v) is 3.44. The number of aromatic nitrogens is 2. The number of sulfonamides is 1. The van der Waals surface area contributed by atoms with E-state index in [4.69, 9.17) is 10.6 Å². The highest BCUT2D eigenvalue weighted by molar-refractivity contribution is 7.89. The lowest BCUT2D eigenvalue weighted by atomic mass is 10.5. The summed E-state index contributed by atoms with van der Waals surface area (Å²) >= 11 is 0. The molecule has 0 unspecified atom stereocenters. The summed E-state index contributed by atoms with van der Waals surface area (Å²) in [6.45, 7) is 3.33. The molecule has 4 N–H and O–H groups in total. The summed E-state index contributed by atoms with van der Waals surface area (Å²) in [4.78, 5) is 7.46. The van der Waals surface area contributed by atoms with Gasteiger partial charge in [-0.2, -0.15) is 0 Å². The normalized spacial score (nSPS) is 11.4. The van der Waals surface area contributed by atoms with Gasteiger partial charge in [0.05, 0.1) is 12.4 Å². The van der Waals surface area contributed by atoms with Crippen LogP contribution in [0.4, 0.5) is 5.95 Å². The fourth-order valence-electron chi connectivity index (χ4n) is 1.14. The second-order valence-corrected chi connectivity index (χ2v) is 5.10. The summed E-state index contributed by atoms with van der Waals surface area (Å²) in [5, 5.41) is 0. The molecule has 0 fully saturated rings. The van der Waals surface area contributed by atoms with Gasteiger partial charge in [0.1, 0.15) is 4.90 Å². The molecule has 0 aliphatic heterocycles. The summed E-state index contributed by atoms with van der Waals surface area (Å²) in [5.41, 5.74) is 2.22. The molecule has 0 saturated heterocycles. The fraction of sp³-hybridized carbons (Fsp3) is 0.556. The molecule has 1 aromatic heterocycles. The molecule has 0 aliphatic carbocycles. The quantitative estimate of drug-likeness (QED) is 0.331. The molecule has 1 aromatic rings. The van der Waals surface area contributed by atoms with Crippen molar-refractivity contribution in [2.75, 3.05) is 25.2 Å². The van der Waals surface area contributed by atoms with Crippen molar-refractivity contribution in [1.82, 2.24) is 14.7 Å². The van der Waals surface area contributed by atoms with E-state index >= 15 is 0 Å². The van der Waals surface area contributed by atoms with Crippen LogP contribution in [0.5, 0.6) is 0 Å². The van der Waals surface area contributed by atoms with E-state index < -0.39 is 10.0 Å².